The van der Waals surface area contributed by atoms with Gasteiger partial charge in [0.2, 0.25) is 0 Å². The van der Waals surface area contributed by atoms with Crippen LogP contribution in [-0.2, 0) is 0 Å². The Bertz CT molecular complexity index is 4180. The number of nitrogens with zero attached hydrogens (tertiary/aromatic N) is 4. The summed E-state index contributed by atoms with van der Waals surface area (Å²) in [5.74, 6) is 0. The van der Waals surface area contributed by atoms with Crippen molar-refractivity contribution in [2.75, 3.05) is 19.6 Å². The quantitative estimate of drug-likeness (QED) is 0.154. The van der Waals surface area contributed by atoms with Crippen LogP contribution >= 0.6 is 0 Å². The van der Waals surface area contributed by atoms with Crippen molar-refractivity contribution in [2.24, 2.45) is 0 Å². The van der Waals surface area contributed by atoms with Gasteiger partial charge in [0.15, 0.2) is 0 Å². The predicted molar refractivity (Wildman–Crippen MR) is 353 cm³/mol. The molecule has 6 heteroatoms. The van der Waals surface area contributed by atoms with Crippen LogP contribution in [0.3, 0.4) is 0 Å². The van der Waals surface area contributed by atoms with Crippen molar-refractivity contribution in [1.82, 2.24) is 0 Å². The molecule has 0 aliphatic carbocycles. The Morgan fingerprint density at radius 3 is 0.805 bits per heavy atom. The van der Waals surface area contributed by atoms with Crippen molar-refractivity contribution in [1.29, 1.82) is 0 Å². The van der Waals surface area contributed by atoms with Crippen LogP contribution in [0.5, 0.6) is 0 Å². The molecule has 0 aromatic heterocycles. The standard InChI is InChI=1S/C76H64B2N4/c1-45-11-23-57(24-12-45)79-67-33-21-51(7)37-63(67)77-65-43-66-70(44-69(65)81(59-27-15-47(3)16-28-59)73-41-55(39-71(79)75(73)77)61-31-19-49(5)35-53(61)9)82(60-29-17-48(4)18-30-60)74-42-56(62-32-20-50(6)36-54(62)10)40-72-76(74)78(66)64-38-52(8)22-34-68(64)80(72)58-25-13-46(2)14-26-58/h11-44H,1-10H3. The number of hydrogen-bond acceptors (Lipinski definition) is 4. The average molecular weight is 1050 g/mol. The summed E-state index contributed by atoms with van der Waals surface area (Å²) in [4.78, 5) is 10.3. The number of rotatable bonds is 6. The van der Waals surface area contributed by atoms with Gasteiger partial charge in [0.25, 0.3) is 13.4 Å². The topological polar surface area (TPSA) is 13.0 Å². The fourth-order valence-corrected chi connectivity index (χ4v) is 14.2. The fourth-order valence-electron chi connectivity index (χ4n) is 14.2. The van der Waals surface area contributed by atoms with Gasteiger partial charge in [0.05, 0.1) is 0 Å². The largest absolute Gasteiger partial charge is 0.311 e. The van der Waals surface area contributed by atoms with Gasteiger partial charge < -0.3 is 19.6 Å². The third kappa shape index (κ3) is 7.75. The van der Waals surface area contributed by atoms with Gasteiger partial charge in [0.1, 0.15) is 0 Å². The Hall–Kier alpha value is -9.25. The first-order valence-electron chi connectivity index (χ1n) is 29.1. The molecule has 4 nitrogen and oxygen atoms in total. The van der Waals surface area contributed by atoms with E-state index in [0.717, 1.165) is 22.7 Å². The lowest BCUT2D eigenvalue weighted by molar-refractivity contribution is 1.23. The number of fused-ring (bicyclic) bond motifs is 8. The number of hydrogen-bond donors (Lipinski definition) is 0. The van der Waals surface area contributed by atoms with Gasteiger partial charge in [-0.1, -0.05) is 160 Å². The molecule has 0 spiro atoms. The molecule has 0 unspecified atom stereocenters. The summed E-state index contributed by atoms with van der Waals surface area (Å²) in [5, 5.41) is 0. The summed E-state index contributed by atoms with van der Waals surface area (Å²) >= 11 is 0. The summed E-state index contributed by atoms with van der Waals surface area (Å²) < 4.78 is 0. The fraction of sp³-hybridized carbons (Fsp3) is 0.132. The van der Waals surface area contributed by atoms with Crippen LogP contribution in [0.1, 0.15) is 55.6 Å². The maximum absolute atomic E-state index is 2.67. The van der Waals surface area contributed by atoms with Crippen molar-refractivity contribution >= 4 is 114 Å². The molecule has 0 N–H and O–H groups in total. The Labute approximate surface area is 484 Å². The second-order valence-corrected chi connectivity index (χ2v) is 24.1. The molecule has 0 fully saturated rings. The van der Waals surface area contributed by atoms with E-state index in [4.69, 9.17) is 0 Å². The van der Waals surface area contributed by atoms with Crippen molar-refractivity contribution in [2.45, 2.75) is 69.2 Å². The van der Waals surface area contributed by atoms with E-state index in [1.54, 1.807) is 0 Å². The monoisotopic (exact) mass is 1050 g/mol. The van der Waals surface area contributed by atoms with E-state index in [0.29, 0.717) is 0 Å². The van der Waals surface area contributed by atoms with Crippen LogP contribution in [0.4, 0.5) is 68.2 Å². The zero-order valence-electron chi connectivity index (χ0n) is 48.6. The molecule has 15 rings (SSSR count). The van der Waals surface area contributed by atoms with Crippen LogP contribution in [0.15, 0.2) is 206 Å². The van der Waals surface area contributed by atoms with Gasteiger partial charge in [-0.2, -0.15) is 0 Å². The molecule has 0 radical (unpaired) electrons. The van der Waals surface area contributed by atoms with Gasteiger partial charge in [0, 0.05) is 68.2 Å². The summed E-state index contributed by atoms with van der Waals surface area (Å²) in [6.07, 6.45) is 0. The van der Waals surface area contributed by atoms with Crippen LogP contribution in [-0.4, -0.2) is 13.4 Å². The highest BCUT2D eigenvalue weighted by molar-refractivity contribution is 7.03. The van der Waals surface area contributed by atoms with E-state index in [2.05, 4.69) is 295 Å². The molecule has 394 valence electrons. The van der Waals surface area contributed by atoms with E-state index < -0.39 is 0 Å². The van der Waals surface area contributed by atoms with Crippen molar-refractivity contribution in [3.8, 4) is 22.3 Å². The second kappa shape index (κ2) is 18.7. The number of anilines is 12. The normalized spacial score (nSPS) is 13.3. The lowest BCUT2D eigenvalue weighted by atomic mass is 9.30. The summed E-state index contributed by atoms with van der Waals surface area (Å²) in [5.41, 5.74) is 39.4. The molecule has 4 aliphatic rings. The Kier molecular flexibility index (Phi) is 11.3. The SMILES string of the molecule is Cc1ccc(N2c3ccc(C)cc3B3c4cc5c(cc4N(c4ccc(C)cc4)c4cc(-c6ccc(C)cc6C)cc2c43)N(c2ccc(C)cc2)c2cc(-c3ccc(C)cc3C)cc3c2B5c2cc(C)ccc2N3c2ccc(C)cc2)cc1. The van der Waals surface area contributed by atoms with E-state index in [1.807, 2.05) is 0 Å². The lowest BCUT2D eigenvalue weighted by Crippen LogP contribution is -2.65. The van der Waals surface area contributed by atoms with Crippen LogP contribution in [0.2, 0.25) is 0 Å². The van der Waals surface area contributed by atoms with Crippen LogP contribution in [0, 0.1) is 69.2 Å². The highest BCUT2D eigenvalue weighted by Crippen LogP contribution is 2.51. The molecular weight excluding hydrogens is 990 g/mol. The maximum Gasteiger partial charge on any atom is 0.252 e. The van der Waals surface area contributed by atoms with Crippen molar-refractivity contribution in [3.05, 3.63) is 262 Å². The summed E-state index contributed by atoms with van der Waals surface area (Å²) in [7, 11) is 0. The van der Waals surface area contributed by atoms with Crippen LogP contribution in [0.25, 0.3) is 22.3 Å². The van der Waals surface area contributed by atoms with Gasteiger partial charge in [-0.15, -0.1) is 0 Å². The summed E-state index contributed by atoms with van der Waals surface area (Å²) in [6, 6.07) is 80.2. The van der Waals surface area contributed by atoms with Crippen molar-refractivity contribution < 1.29 is 0 Å². The molecule has 0 atom stereocenters. The minimum Gasteiger partial charge on any atom is -0.311 e. The first-order chi connectivity index (χ1) is 39.7. The second-order valence-electron chi connectivity index (χ2n) is 24.1. The number of benzene rings is 11. The van der Waals surface area contributed by atoms with Gasteiger partial charge in [-0.3, -0.25) is 0 Å². The van der Waals surface area contributed by atoms with E-state index in [9.17, 15) is 0 Å². The molecule has 0 saturated heterocycles. The highest BCUT2D eigenvalue weighted by Gasteiger charge is 2.49. The molecule has 0 amide bonds. The Morgan fingerprint density at radius 1 is 0.220 bits per heavy atom. The first-order valence-corrected chi connectivity index (χ1v) is 29.1. The lowest BCUT2D eigenvalue weighted by Gasteiger charge is -2.47. The predicted octanol–water partition coefficient (Wildman–Crippen LogP) is 16.3. The Morgan fingerprint density at radius 2 is 0.488 bits per heavy atom. The molecule has 82 heavy (non-hydrogen) atoms. The molecule has 0 saturated carbocycles. The highest BCUT2D eigenvalue weighted by atomic mass is 15.2. The summed E-state index contributed by atoms with van der Waals surface area (Å²) in [6.45, 7) is 22.0. The Balaban J connectivity index is 1.09. The molecule has 11 aromatic carbocycles. The third-order valence-electron chi connectivity index (χ3n) is 18.1. The van der Waals surface area contributed by atoms with E-state index in [-0.39, 0.29) is 13.4 Å². The minimum absolute atomic E-state index is 0.0954. The molecule has 4 heterocycles. The molecule has 0 bridgehead atoms. The van der Waals surface area contributed by atoms with Gasteiger partial charge in [-0.05, 0) is 226 Å². The molecule has 4 aliphatic heterocycles. The van der Waals surface area contributed by atoms with Crippen molar-refractivity contribution in [3.63, 3.8) is 0 Å². The molecule has 11 aromatic rings. The third-order valence-corrected chi connectivity index (χ3v) is 18.1. The zero-order chi connectivity index (χ0) is 56.0. The smallest absolute Gasteiger partial charge is 0.252 e. The zero-order valence-corrected chi connectivity index (χ0v) is 48.6. The van der Waals surface area contributed by atoms with Crippen LogP contribution < -0.4 is 52.4 Å². The minimum atomic E-state index is -0.0954. The van der Waals surface area contributed by atoms with Gasteiger partial charge >= 0.3 is 0 Å². The van der Waals surface area contributed by atoms with E-state index >= 15 is 0 Å². The first kappa shape index (κ1) is 49.8. The average Bonchev–Trinajstić information content (AvgIpc) is 0.925. The number of aryl methyl sites for hydroxylation is 10. The van der Waals surface area contributed by atoms with E-state index in [1.165, 1.54) is 156 Å². The maximum atomic E-state index is 2.67. The van der Waals surface area contributed by atoms with Gasteiger partial charge in [-0.25, -0.2) is 0 Å². The molecular formula is C76H64B2N4.